The second kappa shape index (κ2) is 8.78. The molecule has 3 aromatic rings. The van der Waals surface area contributed by atoms with Crippen molar-refractivity contribution in [3.05, 3.63) is 80.9 Å². The van der Waals surface area contributed by atoms with E-state index < -0.39 is 33.2 Å². The van der Waals surface area contributed by atoms with Gasteiger partial charge in [0.05, 0.1) is 21.3 Å². The van der Waals surface area contributed by atoms with Gasteiger partial charge in [0.1, 0.15) is 16.6 Å². The minimum Gasteiger partial charge on any atom is -0.323 e. The topological polar surface area (TPSA) is 110 Å². The summed E-state index contributed by atoms with van der Waals surface area (Å²) >= 11 is 6.94. The zero-order valence-corrected chi connectivity index (χ0v) is 17.4. The fourth-order valence-electron chi connectivity index (χ4n) is 2.48. The largest absolute Gasteiger partial charge is 0.323 e. The lowest BCUT2D eigenvalue weighted by atomic mass is 10.2. The third-order valence-electron chi connectivity index (χ3n) is 3.88. The minimum absolute atomic E-state index is 0.00648. The maximum atomic E-state index is 13.3. The molecule has 12 heteroatoms. The van der Waals surface area contributed by atoms with Gasteiger partial charge in [0.25, 0.3) is 15.7 Å². The van der Waals surface area contributed by atoms with Gasteiger partial charge in [-0.1, -0.05) is 17.7 Å². The van der Waals surface area contributed by atoms with Crippen LogP contribution in [-0.2, 0) is 14.8 Å². The Morgan fingerprint density at radius 1 is 1.20 bits per heavy atom. The van der Waals surface area contributed by atoms with Crippen LogP contribution in [0.5, 0.6) is 0 Å². The lowest BCUT2D eigenvalue weighted by Gasteiger charge is -2.23. The lowest BCUT2D eigenvalue weighted by molar-refractivity contribution is -0.384. The molecule has 1 heterocycles. The number of halogens is 2. The highest BCUT2D eigenvalue weighted by molar-refractivity contribution is 7.94. The Kier molecular flexibility index (Phi) is 6.34. The number of nitro groups is 1. The number of rotatable bonds is 7. The predicted molar refractivity (Wildman–Crippen MR) is 112 cm³/mol. The number of sulfonamides is 1. The number of benzene rings is 2. The zero-order chi connectivity index (χ0) is 21.9. The molecular formula is C18H13ClFN3O5S2. The number of nitro benzene ring substituents is 1. The summed E-state index contributed by atoms with van der Waals surface area (Å²) in [6.45, 7) is -0.662. The highest BCUT2D eigenvalue weighted by Gasteiger charge is 2.28. The van der Waals surface area contributed by atoms with Crippen LogP contribution in [0.25, 0.3) is 0 Å². The van der Waals surface area contributed by atoms with Gasteiger partial charge in [-0.05, 0) is 41.8 Å². The average Bonchev–Trinajstić information content (AvgIpc) is 3.24. The summed E-state index contributed by atoms with van der Waals surface area (Å²) in [5.41, 5.74) is -0.259. The SMILES string of the molecule is O=C(CN(c1ccc(F)cc1)S(=O)(=O)c1cccs1)Nc1cc([N+](=O)[O-])ccc1Cl. The molecule has 0 saturated heterocycles. The number of nitrogens with zero attached hydrogens (tertiary/aromatic N) is 2. The molecule has 3 rings (SSSR count). The van der Waals surface area contributed by atoms with Gasteiger partial charge in [-0.15, -0.1) is 11.3 Å². The standard InChI is InChI=1S/C18H13ClFN3O5S2/c19-15-8-7-14(23(25)26)10-16(15)21-17(24)11-22(13-5-3-12(20)4-6-13)30(27,28)18-2-1-9-29-18/h1-10H,11H2,(H,21,24). The number of non-ortho nitro benzene ring substituents is 1. The van der Waals surface area contributed by atoms with E-state index in [4.69, 9.17) is 11.6 Å². The molecule has 0 aliphatic heterocycles. The van der Waals surface area contributed by atoms with Crippen LogP contribution < -0.4 is 9.62 Å². The van der Waals surface area contributed by atoms with Gasteiger partial charge < -0.3 is 5.32 Å². The number of thiophene rings is 1. The Bertz CT molecular complexity index is 1190. The average molecular weight is 470 g/mol. The van der Waals surface area contributed by atoms with Crippen molar-refractivity contribution >= 4 is 55.9 Å². The highest BCUT2D eigenvalue weighted by atomic mass is 35.5. The van der Waals surface area contributed by atoms with Crippen LogP contribution >= 0.6 is 22.9 Å². The van der Waals surface area contributed by atoms with Crippen LogP contribution in [0.2, 0.25) is 5.02 Å². The minimum atomic E-state index is -4.12. The summed E-state index contributed by atoms with van der Waals surface area (Å²) < 4.78 is 40.2. The van der Waals surface area contributed by atoms with Crippen molar-refractivity contribution in [1.29, 1.82) is 0 Å². The third-order valence-corrected chi connectivity index (χ3v) is 7.35. The number of carbonyl (C=O) groups is 1. The van der Waals surface area contributed by atoms with Crippen LogP contribution in [0.1, 0.15) is 0 Å². The Morgan fingerprint density at radius 3 is 2.50 bits per heavy atom. The first-order valence-electron chi connectivity index (χ1n) is 8.24. The van der Waals surface area contributed by atoms with Crippen LogP contribution in [0.3, 0.4) is 0 Å². The summed E-state index contributed by atoms with van der Waals surface area (Å²) in [5.74, 6) is -1.36. The van der Waals surface area contributed by atoms with Crippen LogP contribution in [0, 0.1) is 15.9 Å². The fourth-order valence-corrected chi connectivity index (χ4v) is 5.17. The number of nitrogens with one attached hydrogen (secondary N) is 1. The summed E-state index contributed by atoms with van der Waals surface area (Å²) in [4.78, 5) is 22.9. The fraction of sp³-hybridized carbons (Fsp3) is 0.0556. The first-order chi connectivity index (χ1) is 14.2. The second-order valence-electron chi connectivity index (χ2n) is 5.89. The van der Waals surface area contributed by atoms with Gasteiger partial charge in [-0.25, -0.2) is 12.8 Å². The molecule has 8 nitrogen and oxygen atoms in total. The van der Waals surface area contributed by atoms with Crippen LogP contribution in [0.4, 0.5) is 21.5 Å². The maximum Gasteiger partial charge on any atom is 0.274 e. The van der Waals surface area contributed by atoms with E-state index in [9.17, 15) is 27.7 Å². The van der Waals surface area contributed by atoms with Crippen LogP contribution in [0.15, 0.2) is 64.2 Å². The van der Waals surface area contributed by atoms with Gasteiger partial charge in [0, 0.05) is 12.1 Å². The molecule has 156 valence electrons. The molecule has 0 bridgehead atoms. The van der Waals surface area contributed by atoms with Gasteiger partial charge in [0.15, 0.2) is 0 Å². The van der Waals surface area contributed by atoms with E-state index in [0.717, 1.165) is 33.8 Å². The molecule has 30 heavy (non-hydrogen) atoms. The van der Waals surface area contributed by atoms with E-state index in [0.29, 0.717) is 0 Å². The quantitative estimate of drug-likeness (QED) is 0.410. The molecule has 1 aromatic heterocycles. The Labute approximate surface area is 179 Å². The lowest BCUT2D eigenvalue weighted by Crippen LogP contribution is -2.37. The third kappa shape index (κ3) is 4.75. The van der Waals surface area contributed by atoms with Crippen molar-refractivity contribution in [3.8, 4) is 0 Å². The molecule has 0 spiro atoms. The van der Waals surface area contributed by atoms with E-state index in [1.165, 1.54) is 30.3 Å². The maximum absolute atomic E-state index is 13.3. The Morgan fingerprint density at radius 2 is 1.90 bits per heavy atom. The molecule has 0 aliphatic carbocycles. The molecule has 2 aromatic carbocycles. The summed E-state index contributed by atoms with van der Waals surface area (Å²) in [6.07, 6.45) is 0. The monoisotopic (exact) mass is 469 g/mol. The molecule has 0 saturated carbocycles. The molecule has 0 aliphatic rings. The van der Waals surface area contributed by atoms with Crippen molar-refractivity contribution in [2.75, 3.05) is 16.2 Å². The molecule has 0 fully saturated rings. The van der Waals surface area contributed by atoms with Gasteiger partial charge >= 0.3 is 0 Å². The summed E-state index contributed by atoms with van der Waals surface area (Å²) in [7, 11) is -4.12. The summed E-state index contributed by atoms with van der Waals surface area (Å²) in [6, 6.07) is 11.0. The van der Waals surface area contributed by atoms with Crippen molar-refractivity contribution in [1.82, 2.24) is 0 Å². The predicted octanol–water partition coefficient (Wildman–Crippen LogP) is 4.28. The second-order valence-corrected chi connectivity index (χ2v) is 9.33. The Hall–Kier alpha value is -3.02. The molecule has 1 amide bonds. The van der Waals surface area contributed by atoms with Crippen LogP contribution in [-0.4, -0.2) is 25.8 Å². The summed E-state index contributed by atoms with van der Waals surface area (Å²) in [5, 5.41) is 14.9. The zero-order valence-electron chi connectivity index (χ0n) is 15.0. The number of carbonyl (C=O) groups excluding carboxylic acids is 1. The number of amides is 1. The van der Waals surface area contributed by atoms with Crippen molar-refractivity contribution < 1.29 is 22.5 Å². The Balaban J connectivity index is 1.92. The van der Waals surface area contributed by atoms with Gasteiger partial charge in [-0.2, -0.15) is 0 Å². The number of anilines is 2. The molecule has 0 unspecified atom stereocenters. The van der Waals surface area contributed by atoms with Crippen molar-refractivity contribution in [2.24, 2.45) is 0 Å². The van der Waals surface area contributed by atoms with Gasteiger partial charge in [0.2, 0.25) is 5.91 Å². The smallest absolute Gasteiger partial charge is 0.274 e. The van der Waals surface area contributed by atoms with E-state index in [1.54, 1.807) is 11.4 Å². The van der Waals surface area contributed by atoms with E-state index >= 15 is 0 Å². The van der Waals surface area contributed by atoms with E-state index in [2.05, 4.69) is 5.32 Å². The highest BCUT2D eigenvalue weighted by Crippen LogP contribution is 2.29. The van der Waals surface area contributed by atoms with E-state index in [-0.39, 0.29) is 26.3 Å². The number of hydrogen-bond donors (Lipinski definition) is 1. The molecule has 0 atom stereocenters. The molecular weight excluding hydrogens is 457 g/mol. The first kappa shape index (κ1) is 21.7. The first-order valence-corrected chi connectivity index (χ1v) is 10.9. The molecule has 1 N–H and O–H groups in total. The molecule has 0 radical (unpaired) electrons. The van der Waals surface area contributed by atoms with E-state index in [1.807, 2.05) is 0 Å². The number of hydrogen-bond acceptors (Lipinski definition) is 6. The normalized spacial score (nSPS) is 11.1. The van der Waals surface area contributed by atoms with Crippen molar-refractivity contribution in [2.45, 2.75) is 4.21 Å². The van der Waals surface area contributed by atoms with Crippen molar-refractivity contribution in [3.63, 3.8) is 0 Å². The van der Waals surface area contributed by atoms with Gasteiger partial charge in [-0.3, -0.25) is 19.2 Å².